The van der Waals surface area contributed by atoms with E-state index in [1.54, 1.807) is 0 Å². The predicted octanol–water partition coefficient (Wildman–Crippen LogP) is 0.545. The molecule has 132 valence electrons. The highest BCUT2D eigenvalue weighted by Crippen LogP contribution is 2.36. The van der Waals surface area contributed by atoms with E-state index >= 15 is 0 Å². The maximum Gasteiger partial charge on any atom is 0.328 e. The molecule has 1 rings (SSSR count). The average Bonchev–Trinajstić information content (AvgIpc) is 2.54. The highest BCUT2D eigenvalue weighted by atomic mass is 16.5. The Bertz CT molecular complexity index is 593. The number of aromatic hydroxyl groups is 1. The van der Waals surface area contributed by atoms with E-state index in [1.165, 1.54) is 32.6 Å². The lowest BCUT2D eigenvalue weighted by Crippen LogP contribution is -2.31. The van der Waals surface area contributed by atoms with Gasteiger partial charge in [-0.3, -0.25) is 10.4 Å². The average molecular weight is 338 g/mol. The largest absolute Gasteiger partial charge is 0.502 e. The third-order valence-electron chi connectivity index (χ3n) is 3.16. The van der Waals surface area contributed by atoms with Crippen molar-refractivity contribution < 1.29 is 24.5 Å². The standard InChI is InChI=1S/C15H22N4O5/c1-23-11-6-9(7-12(24-2)13(11)20)8-19-10(14(21)22)4-3-5-18-15(16)17/h6-8,10,20H,3-5H2,1-2H3,(H,21,22)(H4,16,17,18)/b19-8+. The molecule has 6 N–H and O–H groups in total. The summed E-state index contributed by atoms with van der Waals surface area (Å²) in [7, 11) is 2.80. The van der Waals surface area contributed by atoms with Gasteiger partial charge in [0.05, 0.1) is 14.2 Å². The number of phenolic OH excluding ortho intramolecular Hbond substituents is 1. The molecule has 0 spiro atoms. The number of hydrogen-bond donors (Lipinski definition) is 5. The molecule has 0 amide bonds. The van der Waals surface area contributed by atoms with Crippen LogP contribution in [0.1, 0.15) is 18.4 Å². The second-order valence-electron chi connectivity index (χ2n) is 4.89. The van der Waals surface area contributed by atoms with Gasteiger partial charge in [0.15, 0.2) is 17.5 Å². The van der Waals surface area contributed by atoms with E-state index in [1.807, 2.05) is 0 Å². The van der Waals surface area contributed by atoms with E-state index in [0.717, 1.165) is 0 Å². The lowest BCUT2D eigenvalue weighted by Gasteiger charge is -2.10. The Labute approximate surface area is 139 Å². The van der Waals surface area contributed by atoms with Crippen molar-refractivity contribution in [3.05, 3.63) is 17.7 Å². The number of carboxylic acids is 1. The SMILES string of the molecule is COc1cc(/C=N/C(CCCNC(=N)N)C(=O)O)cc(OC)c1O. The van der Waals surface area contributed by atoms with Gasteiger partial charge in [-0.15, -0.1) is 0 Å². The first-order valence-electron chi connectivity index (χ1n) is 7.18. The minimum Gasteiger partial charge on any atom is -0.502 e. The van der Waals surface area contributed by atoms with Gasteiger partial charge >= 0.3 is 5.97 Å². The molecule has 1 aromatic rings. The number of rotatable bonds is 9. The number of methoxy groups -OCH3 is 2. The third kappa shape index (κ3) is 5.67. The number of nitrogens with one attached hydrogen (secondary N) is 2. The molecule has 1 atom stereocenters. The molecule has 0 heterocycles. The molecule has 0 aliphatic rings. The van der Waals surface area contributed by atoms with Crippen LogP contribution in [0.2, 0.25) is 0 Å². The predicted molar refractivity (Wildman–Crippen MR) is 89.4 cm³/mol. The van der Waals surface area contributed by atoms with Crippen LogP contribution in [0, 0.1) is 5.41 Å². The number of aliphatic carboxylic acids is 1. The number of nitrogens with zero attached hydrogens (tertiary/aromatic N) is 1. The second kappa shape index (κ2) is 9.23. The molecule has 0 saturated heterocycles. The van der Waals surface area contributed by atoms with Crippen LogP contribution in [0.25, 0.3) is 0 Å². The highest BCUT2D eigenvalue weighted by Gasteiger charge is 2.15. The van der Waals surface area contributed by atoms with Gasteiger partial charge in [0.25, 0.3) is 0 Å². The third-order valence-corrected chi connectivity index (χ3v) is 3.16. The van der Waals surface area contributed by atoms with E-state index in [0.29, 0.717) is 24.9 Å². The molecule has 0 saturated carbocycles. The molecule has 24 heavy (non-hydrogen) atoms. The van der Waals surface area contributed by atoms with Crippen LogP contribution in [-0.4, -0.2) is 55.2 Å². The molecule has 9 nitrogen and oxygen atoms in total. The van der Waals surface area contributed by atoms with Gasteiger partial charge in [-0.05, 0) is 30.5 Å². The van der Waals surface area contributed by atoms with E-state index in [2.05, 4.69) is 10.3 Å². The summed E-state index contributed by atoms with van der Waals surface area (Å²) in [5.74, 6) is -0.940. The van der Waals surface area contributed by atoms with Crippen molar-refractivity contribution in [2.24, 2.45) is 10.7 Å². The molecule has 9 heteroatoms. The molecule has 0 aromatic heterocycles. The quantitative estimate of drug-likeness (QED) is 0.250. The fourth-order valence-corrected chi connectivity index (χ4v) is 1.94. The fourth-order valence-electron chi connectivity index (χ4n) is 1.94. The first-order valence-corrected chi connectivity index (χ1v) is 7.18. The summed E-state index contributed by atoms with van der Waals surface area (Å²) in [5, 5.41) is 28.7. The Balaban J connectivity index is 2.82. The van der Waals surface area contributed by atoms with Crippen molar-refractivity contribution in [2.75, 3.05) is 20.8 Å². The number of guanidine groups is 1. The van der Waals surface area contributed by atoms with E-state index in [-0.39, 0.29) is 23.2 Å². The molecule has 0 bridgehead atoms. The summed E-state index contributed by atoms with van der Waals surface area (Å²) in [4.78, 5) is 15.3. The Morgan fingerprint density at radius 3 is 2.46 bits per heavy atom. The smallest absolute Gasteiger partial charge is 0.328 e. The molecular weight excluding hydrogens is 316 g/mol. The van der Waals surface area contributed by atoms with E-state index in [9.17, 15) is 15.0 Å². The number of hydrogen-bond acceptors (Lipinski definition) is 6. The summed E-state index contributed by atoms with van der Waals surface area (Å²) >= 11 is 0. The number of carboxylic acid groups (broad SMARTS) is 1. The Morgan fingerprint density at radius 2 is 2.00 bits per heavy atom. The minimum absolute atomic E-state index is 0.137. The van der Waals surface area contributed by atoms with Crippen molar-refractivity contribution >= 4 is 18.1 Å². The molecular formula is C15H22N4O5. The van der Waals surface area contributed by atoms with Crippen LogP contribution in [0.3, 0.4) is 0 Å². The van der Waals surface area contributed by atoms with Gasteiger partial charge in [-0.2, -0.15) is 0 Å². The van der Waals surface area contributed by atoms with Gasteiger partial charge in [-0.25, -0.2) is 4.79 Å². The van der Waals surface area contributed by atoms with Gasteiger partial charge in [0.2, 0.25) is 5.75 Å². The van der Waals surface area contributed by atoms with Crippen LogP contribution in [-0.2, 0) is 4.79 Å². The monoisotopic (exact) mass is 338 g/mol. The number of benzene rings is 1. The van der Waals surface area contributed by atoms with Crippen molar-refractivity contribution in [1.82, 2.24) is 5.32 Å². The second-order valence-corrected chi connectivity index (χ2v) is 4.89. The molecule has 1 unspecified atom stereocenters. The first kappa shape index (κ1) is 19.1. The zero-order valence-electron chi connectivity index (χ0n) is 13.6. The van der Waals surface area contributed by atoms with Gasteiger partial charge < -0.3 is 30.7 Å². The number of carbonyl (C=O) groups is 1. The van der Waals surface area contributed by atoms with Crippen molar-refractivity contribution in [2.45, 2.75) is 18.9 Å². The summed E-state index contributed by atoms with van der Waals surface area (Å²) in [5.41, 5.74) is 5.69. The molecule has 0 fully saturated rings. The van der Waals surface area contributed by atoms with Gasteiger partial charge in [0.1, 0.15) is 6.04 Å². The fraction of sp³-hybridized carbons (Fsp3) is 0.400. The number of ether oxygens (including phenoxy) is 2. The molecule has 1 aromatic carbocycles. The van der Waals surface area contributed by atoms with Crippen molar-refractivity contribution in [1.29, 1.82) is 5.41 Å². The maximum absolute atomic E-state index is 11.3. The topological polar surface area (TPSA) is 150 Å². The minimum atomic E-state index is -1.05. The Kier molecular flexibility index (Phi) is 7.34. The summed E-state index contributed by atoms with van der Waals surface area (Å²) in [6.45, 7) is 0.398. The maximum atomic E-state index is 11.3. The highest BCUT2D eigenvalue weighted by molar-refractivity contribution is 5.85. The number of aliphatic imine (C=N–C) groups is 1. The number of nitrogens with two attached hydrogens (primary N) is 1. The Hall–Kier alpha value is -2.97. The summed E-state index contributed by atoms with van der Waals surface area (Å²) in [6.07, 6.45) is 2.18. The lowest BCUT2D eigenvalue weighted by atomic mass is 10.1. The first-order chi connectivity index (χ1) is 11.4. The zero-order valence-corrected chi connectivity index (χ0v) is 13.6. The number of phenols is 1. The van der Waals surface area contributed by atoms with Gasteiger partial charge in [-0.1, -0.05) is 0 Å². The van der Waals surface area contributed by atoms with Crippen LogP contribution in [0.15, 0.2) is 17.1 Å². The summed E-state index contributed by atoms with van der Waals surface area (Å²) < 4.78 is 10.1. The molecule has 0 aliphatic heterocycles. The molecule has 0 aliphatic carbocycles. The molecule has 0 radical (unpaired) electrons. The van der Waals surface area contributed by atoms with Crippen LogP contribution >= 0.6 is 0 Å². The zero-order chi connectivity index (χ0) is 18.1. The Morgan fingerprint density at radius 1 is 1.42 bits per heavy atom. The van der Waals surface area contributed by atoms with E-state index < -0.39 is 12.0 Å². The normalized spacial score (nSPS) is 11.9. The van der Waals surface area contributed by atoms with Crippen LogP contribution < -0.4 is 20.5 Å². The lowest BCUT2D eigenvalue weighted by molar-refractivity contribution is -0.138. The van der Waals surface area contributed by atoms with Crippen molar-refractivity contribution in [3.63, 3.8) is 0 Å². The van der Waals surface area contributed by atoms with Crippen molar-refractivity contribution in [3.8, 4) is 17.2 Å². The van der Waals surface area contributed by atoms with Crippen LogP contribution in [0.5, 0.6) is 17.2 Å². The van der Waals surface area contributed by atoms with Gasteiger partial charge in [0, 0.05) is 12.8 Å². The van der Waals surface area contributed by atoms with Crippen LogP contribution in [0.4, 0.5) is 0 Å². The summed E-state index contributed by atoms with van der Waals surface area (Å²) in [6, 6.07) is 2.12. The van der Waals surface area contributed by atoms with E-state index in [4.69, 9.17) is 20.6 Å².